The molecule has 1 unspecified atom stereocenters. The maximum absolute atomic E-state index is 13.7. The quantitative estimate of drug-likeness (QED) is 0.729. The van der Waals surface area contributed by atoms with Gasteiger partial charge < -0.3 is 16.4 Å². The summed E-state index contributed by atoms with van der Waals surface area (Å²) >= 11 is 4.62. The van der Waals surface area contributed by atoms with Crippen molar-refractivity contribution in [1.29, 1.82) is 0 Å². The molecule has 0 aliphatic carbocycles. The first-order chi connectivity index (χ1) is 8.99. The number of carbonyl (C=O) groups excluding carboxylic acids is 1. The second kappa shape index (κ2) is 5.48. The summed E-state index contributed by atoms with van der Waals surface area (Å²) in [5, 5.41) is 5.50. The molecule has 0 aromatic heterocycles. The third-order valence-corrected chi connectivity index (χ3v) is 3.19. The number of rotatable bonds is 4. The number of nitrogens with two attached hydrogens (primary N) is 1. The molecule has 0 bridgehead atoms. The van der Waals surface area contributed by atoms with Gasteiger partial charge in [-0.05, 0) is 18.6 Å². The van der Waals surface area contributed by atoms with E-state index in [0.717, 1.165) is 0 Å². The zero-order chi connectivity index (χ0) is 14.0. The SMILES string of the molecule is NC(=S)c1ccc(NCC2CCC(=O)N2)c(F)c1F. The molecule has 1 aromatic carbocycles. The highest BCUT2D eigenvalue weighted by Gasteiger charge is 2.21. The Morgan fingerprint density at radius 1 is 1.47 bits per heavy atom. The minimum absolute atomic E-state index is 0.0257. The Morgan fingerprint density at radius 3 is 2.79 bits per heavy atom. The molecule has 2 rings (SSSR count). The number of halogens is 2. The number of anilines is 1. The predicted molar refractivity (Wildman–Crippen MR) is 71.9 cm³/mol. The summed E-state index contributed by atoms with van der Waals surface area (Å²) < 4.78 is 27.4. The Kier molecular flexibility index (Phi) is 3.94. The third-order valence-electron chi connectivity index (χ3n) is 2.97. The van der Waals surface area contributed by atoms with Crippen molar-refractivity contribution in [2.45, 2.75) is 18.9 Å². The molecule has 1 saturated heterocycles. The number of hydrogen-bond donors (Lipinski definition) is 3. The lowest BCUT2D eigenvalue weighted by Gasteiger charge is -2.14. The number of amides is 1. The van der Waals surface area contributed by atoms with Gasteiger partial charge in [-0.1, -0.05) is 12.2 Å². The van der Waals surface area contributed by atoms with Gasteiger partial charge in [0.15, 0.2) is 11.6 Å². The summed E-state index contributed by atoms with van der Waals surface area (Å²) in [6.07, 6.45) is 1.14. The van der Waals surface area contributed by atoms with Crippen LogP contribution in [0.4, 0.5) is 14.5 Å². The van der Waals surface area contributed by atoms with E-state index in [1.807, 2.05) is 0 Å². The van der Waals surface area contributed by atoms with Crippen molar-refractivity contribution in [2.75, 3.05) is 11.9 Å². The van der Waals surface area contributed by atoms with Crippen molar-refractivity contribution >= 4 is 28.8 Å². The summed E-state index contributed by atoms with van der Waals surface area (Å²) in [6, 6.07) is 2.64. The molecule has 1 aromatic rings. The van der Waals surface area contributed by atoms with Gasteiger partial charge in [-0.3, -0.25) is 4.79 Å². The topological polar surface area (TPSA) is 67.1 Å². The van der Waals surface area contributed by atoms with Gasteiger partial charge in [-0.2, -0.15) is 0 Å². The fourth-order valence-corrected chi connectivity index (χ4v) is 2.10. The fourth-order valence-electron chi connectivity index (χ4n) is 1.94. The number of benzene rings is 1. The van der Waals surface area contributed by atoms with E-state index in [4.69, 9.17) is 5.73 Å². The molecule has 1 amide bonds. The van der Waals surface area contributed by atoms with Crippen molar-refractivity contribution in [1.82, 2.24) is 5.32 Å². The van der Waals surface area contributed by atoms with Crippen LogP contribution in [0.25, 0.3) is 0 Å². The van der Waals surface area contributed by atoms with Gasteiger partial charge in [0.25, 0.3) is 0 Å². The first-order valence-electron chi connectivity index (χ1n) is 5.80. The minimum Gasteiger partial charge on any atom is -0.389 e. The van der Waals surface area contributed by atoms with Crippen LogP contribution < -0.4 is 16.4 Å². The Bertz CT molecular complexity index is 536. The summed E-state index contributed by atoms with van der Waals surface area (Å²) in [6.45, 7) is 0.342. The molecule has 1 fully saturated rings. The summed E-state index contributed by atoms with van der Waals surface area (Å²) in [7, 11) is 0. The van der Waals surface area contributed by atoms with Crippen LogP contribution in [0.5, 0.6) is 0 Å². The lowest BCUT2D eigenvalue weighted by atomic mass is 10.1. The molecule has 1 heterocycles. The van der Waals surface area contributed by atoms with Crippen LogP contribution >= 0.6 is 12.2 Å². The molecule has 0 spiro atoms. The molecule has 1 aliphatic rings. The van der Waals surface area contributed by atoms with E-state index < -0.39 is 11.6 Å². The lowest BCUT2D eigenvalue weighted by molar-refractivity contribution is -0.119. The second-order valence-corrected chi connectivity index (χ2v) is 4.78. The Balaban J connectivity index is 2.07. The number of carbonyl (C=O) groups is 1. The van der Waals surface area contributed by atoms with E-state index in [1.54, 1.807) is 0 Å². The molecule has 0 saturated carbocycles. The van der Waals surface area contributed by atoms with Gasteiger partial charge in [-0.25, -0.2) is 8.78 Å². The third kappa shape index (κ3) is 2.98. The van der Waals surface area contributed by atoms with Crippen LogP contribution in [0.15, 0.2) is 12.1 Å². The molecule has 102 valence electrons. The van der Waals surface area contributed by atoms with E-state index in [-0.39, 0.29) is 28.2 Å². The fraction of sp³-hybridized carbons (Fsp3) is 0.333. The van der Waals surface area contributed by atoms with E-state index in [0.29, 0.717) is 19.4 Å². The molecule has 4 N–H and O–H groups in total. The van der Waals surface area contributed by atoms with Crippen LogP contribution in [-0.4, -0.2) is 23.5 Å². The highest BCUT2D eigenvalue weighted by Crippen LogP contribution is 2.21. The van der Waals surface area contributed by atoms with Gasteiger partial charge in [0.2, 0.25) is 5.91 Å². The highest BCUT2D eigenvalue weighted by molar-refractivity contribution is 7.80. The average molecular weight is 285 g/mol. The smallest absolute Gasteiger partial charge is 0.220 e. The van der Waals surface area contributed by atoms with Crippen LogP contribution in [0.2, 0.25) is 0 Å². The van der Waals surface area contributed by atoms with E-state index in [2.05, 4.69) is 22.9 Å². The van der Waals surface area contributed by atoms with Crippen LogP contribution in [0.1, 0.15) is 18.4 Å². The molecular formula is C12H13F2N3OS. The van der Waals surface area contributed by atoms with Gasteiger partial charge >= 0.3 is 0 Å². The van der Waals surface area contributed by atoms with Crippen LogP contribution in [0, 0.1) is 11.6 Å². The maximum Gasteiger partial charge on any atom is 0.220 e. The van der Waals surface area contributed by atoms with Crippen molar-refractivity contribution in [3.63, 3.8) is 0 Å². The molecule has 0 radical (unpaired) electrons. The Labute approximate surface area is 114 Å². The average Bonchev–Trinajstić information content (AvgIpc) is 2.76. The number of thiocarbonyl (C=S) groups is 1. The van der Waals surface area contributed by atoms with E-state index >= 15 is 0 Å². The lowest BCUT2D eigenvalue weighted by Crippen LogP contribution is -2.32. The number of hydrogen-bond acceptors (Lipinski definition) is 3. The zero-order valence-electron chi connectivity index (χ0n) is 10.0. The van der Waals surface area contributed by atoms with Crippen LogP contribution in [0.3, 0.4) is 0 Å². The van der Waals surface area contributed by atoms with Gasteiger partial charge in [-0.15, -0.1) is 0 Å². The molecule has 19 heavy (non-hydrogen) atoms. The molecular weight excluding hydrogens is 272 g/mol. The van der Waals surface area contributed by atoms with Crippen LogP contribution in [-0.2, 0) is 4.79 Å². The molecule has 4 nitrogen and oxygen atoms in total. The Morgan fingerprint density at radius 2 is 2.21 bits per heavy atom. The van der Waals surface area contributed by atoms with Gasteiger partial charge in [0, 0.05) is 24.6 Å². The van der Waals surface area contributed by atoms with Gasteiger partial charge in [0.1, 0.15) is 4.99 Å². The van der Waals surface area contributed by atoms with Crippen molar-refractivity contribution < 1.29 is 13.6 Å². The normalized spacial score (nSPS) is 18.2. The minimum atomic E-state index is -1.06. The first kappa shape index (κ1) is 13.7. The maximum atomic E-state index is 13.7. The predicted octanol–water partition coefficient (Wildman–Crippen LogP) is 1.29. The second-order valence-electron chi connectivity index (χ2n) is 4.34. The largest absolute Gasteiger partial charge is 0.389 e. The summed E-state index contributed by atoms with van der Waals surface area (Å²) in [4.78, 5) is 10.8. The van der Waals surface area contributed by atoms with Crippen molar-refractivity contribution in [3.8, 4) is 0 Å². The monoisotopic (exact) mass is 285 g/mol. The highest BCUT2D eigenvalue weighted by atomic mass is 32.1. The summed E-state index contributed by atoms with van der Waals surface area (Å²) in [5.41, 5.74) is 5.19. The van der Waals surface area contributed by atoms with Gasteiger partial charge in [0.05, 0.1) is 5.69 Å². The Hall–Kier alpha value is -1.76. The summed E-state index contributed by atoms with van der Waals surface area (Å²) in [5.74, 6) is -2.11. The van der Waals surface area contributed by atoms with E-state index in [1.165, 1.54) is 12.1 Å². The van der Waals surface area contributed by atoms with Crippen molar-refractivity contribution in [3.05, 3.63) is 29.3 Å². The molecule has 7 heteroatoms. The zero-order valence-corrected chi connectivity index (χ0v) is 10.8. The van der Waals surface area contributed by atoms with E-state index in [9.17, 15) is 13.6 Å². The molecule has 1 aliphatic heterocycles. The van der Waals surface area contributed by atoms with Crippen molar-refractivity contribution in [2.24, 2.45) is 5.73 Å². The standard InChI is InChI=1S/C12H13F2N3OS/c13-10-7(12(15)19)2-3-8(11(10)14)16-5-6-1-4-9(18)17-6/h2-3,6,16H,1,4-5H2,(H2,15,19)(H,17,18). The molecule has 1 atom stereocenters. The first-order valence-corrected chi connectivity index (χ1v) is 6.21. The number of nitrogens with one attached hydrogen (secondary N) is 2.